The minimum absolute atomic E-state index is 0.178. The summed E-state index contributed by atoms with van der Waals surface area (Å²) >= 11 is 0. The number of ether oxygens (including phenoxy) is 1. The highest BCUT2D eigenvalue weighted by Gasteiger charge is 2.33. The fourth-order valence-electron chi connectivity index (χ4n) is 4.45. The number of benzene rings is 2. The van der Waals surface area contributed by atoms with Crippen LogP contribution >= 0.6 is 0 Å². The monoisotopic (exact) mass is 354 g/mol. The summed E-state index contributed by atoms with van der Waals surface area (Å²) in [4.78, 5) is 0. The second kappa shape index (κ2) is 7.82. The molecule has 0 spiro atoms. The molecule has 26 heavy (non-hydrogen) atoms. The third-order valence-electron chi connectivity index (χ3n) is 6.12. The summed E-state index contributed by atoms with van der Waals surface area (Å²) in [6.45, 7) is 6.95. The summed E-state index contributed by atoms with van der Waals surface area (Å²) in [5, 5.41) is 0. The van der Waals surface area contributed by atoms with Gasteiger partial charge in [0.25, 0.3) is 0 Å². The Bertz CT molecular complexity index is 763. The van der Waals surface area contributed by atoms with Gasteiger partial charge in [-0.05, 0) is 65.5 Å². The van der Waals surface area contributed by atoms with Crippen molar-refractivity contribution >= 4 is 0 Å². The van der Waals surface area contributed by atoms with Crippen molar-refractivity contribution in [1.82, 2.24) is 0 Å². The molecular formula is C24H31FO. The SMILES string of the molecule is CCc1ccc(-c2cc(OC)ccc2F)c([C@@H]2CCCCCC2(C)C)c1. The molecule has 0 aliphatic heterocycles. The molecule has 1 aliphatic rings. The van der Waals surface area contributed by atoms with E-state index in [0.717, 1.165) is 12.0 Å². The lowest BCUT2D eigenvalue weighted by Gasteiger charge is -2.35. The van der Waals surface area contributed by atoms with Crippen molar-refractivity contribution < 1.29 is 9.13 Å². The summed E-state index contributed by atoms with van der Waals surface area (Å²) in [7, 11) is 1.63. The number of rotatable bonds is 4. The molecule has 2 aromatic rings. The average Bonchev–Trinajstić information content (AvgIpc) is 2.82. The largest absolute Gasteiger partial charge is 0.497 e. The van der Waals surface area contributed by atoms with E-state index in [2.05, 4.69) is 39.0 Å². The van der Waals surface area contributed by atoms with Crippen LogP contribution in [0.1, 0.15) is 69.9 Å². The van der Waals surface area contributed by atoms with Gasteiger partial charge in [0.15, 0.2) is 0 Å². The zero-order valence-corrected chi connectivity index (χ0v) is 16.6. The van der Waals surface area contributed by atoms with E-state index in [-0.39, 0.29) is 11.2 Å². The van der Waals surface area contributed by atoms with E-state index >= 15 is 0 Å². The first-order valence-electron chi connectivity index (χ1n) is 9.93. The molecule has 0 saturated heterocycles. The Morgan fingerprint density at radius 3 is 2.58 bits per heavy atom. The summed E-state index contributed by atoms with van der Waals surface area (Å²) in [5.41, 5.74) is 4.54. The Morgan fingerprint density at radius 1 is 1.04 bits per heavy atom. The van der Waals surface area contributed by atoms with Gasteiger partial charge >= 0.3 is 0 Å². The maximum Gasteiger partial charge on any atom is 0.131 e. The third-order valence-corrected chi connectivity index (χ3v) is 6.12. The molecule has 0 amide bonds. The highest BCUT2D eigenvalue weighted by Crippen LogP contribution is 2.48. The zero-order chi connectivity index (χ0) is 18.7. The van der Waals surface area contributed by atoms with E-state index in [1.54, 1.807) is 13.2 Å². The van der Waals surface area contributed by atoms with Crippen molar-refractivity contribution in [1.29, 1.82) is 0 Å². The topological polar surface area (TPSA) is 9.23 Å². The highest BCUT2D eigenvalue weighted by molar-refractivity contribution is 5.71. The van der Waals surface area contributed by atoms with Crippen LogP contribution in [0.2, 0.25) is 0 Å². The molecule has 1 fully saturated rings. The standard InChI is InChI=1S/C24H31FO/c1-5-17-10-12-19(21-16-18(26-4)11-13-23(21)25)20(15-17)22-9-7-6-8-14-24(22,2)3/h10-13,15-16,22H,5-9,14H2,1-4H3/t22-/m0/s1. The molecule has 1 atom stereocenters. The van der Waals surface area contributed by atoms with Gasteiger partial charge in [-0.1, -0.05) is 58.2 Å². The predicted octanol–water partition coefficient (Wildman–Crippen LogP) is 7.14. The molecule has 2 aromatic carbocycles. The molecule has 3 rings (SSSR count). The molecule has 140 valence electrons. The molecule has 0 unspecified atom stereocenters. The minimum atomic E-state index is -0.178. The minimum Gasteiger partial charge on any atom is -0.497 e. The molecular weight excluding hydrogens is 323 g/mol. The number of methoxy groups -OCH3 is 1. The first-order valence-corrected chi connectivity index (χ1v) is 9.93. The molecule has 0 N–H and O–H groups in total. The van der Waals surface area contributed by atoms with Gasteiger partial charge in [0.2, 0.25) is 0 Å². The smallest absolute Gasteiger partial charge is 0.131 e. The molecule has 1 aliphatic carbocycles. The third kappa shape index (κ3) is 3.79. The van der Waals surface area contributed by atoms with Crippen LogP contribution in [-0.2, 0) is 6.42 Å². The Kier molecular flexibility index (Phi) is 5.70. The predicted molar refractivity (Wildman–Crippen MR) is 107 cm³/mol. The van der Waals surface area contributed by atoms with Crippen molar-refractivity contribution in [3.8, 4) is 16.9 Å². The van der Waals surface area contributed by atoms with Gasteiger partial charge in [-0.2, -0.15) is 0 Å². The maximum absolute atomic E-state index is 14.7. The molecule has 0 heterocycles. The van der Waals surface area contributed by atoms with Crippen molar-refractivity contribution in [3.63, 3.8) is 0 Å². The molecule has 0 bridgehead atoms. The van der Waals surface area contributed by atoms with E-state index < -0.39 is 0 Å². The van der Waals surface area contributed by atoms with Crippen LogP contribution in [0, 0.1) is 11.2 Å². The van der Waals surface area contributed by atoms with Crippen LogP contribution < -0.4 is 4.74 Å². The van der Waals surface area contributed by atoms with Gasteiger partial charge in [0, 0.05) is 5.56 Å². The maximum atomic E-state index is 14.7. The second-order valence-electron chi connectivity index (χ2n) is 8.26. The van der Waals surface area contributed by atoms with Crippen LogP contribution in [-0.4, -0.2) is 7.11 Å². The lowest BCUT2D eigenvalue weighted by molar-refractivity contribution is 0.265. The van der Waals surface area contributed by atoms with Crippen LogP contribution in [0.3, 0.4) is 0 Å². The molecule has 0 aromatic heterocycles. The zero-order valence-electron chi connectivity index (χ0n) is 16.6. The highest BCUT2D eigenvalue weighted by atomic mass is 19.1. The number of hydrogen-bond donors (Lipinski definition) is 0. The molecule has 1 saturated carbocycles. The molecule has 2 heteroatoms. The molecule has 1 nitrogen and oxygen atoms in total. The van der Waals surface area contributed by atoms with Crippen LogP contribution in [0.25, 0.3) is 11.1 Å². The summed E-state index contributed by atoms with van der Waals surface area (Å²) in [5.74, 6) is 0.979. The number of halogens is 1. The van der Waals surface area contributed by atoms with Gasteiger partial charge in [-0.25, -0.2) is 4.39 Å². The first kappa shape index (κ1) is 18.9. The average molecular weight is 355 g/mol. The lowest BCUT2D eigenvalue weighted by atomic mass is 9.70. The van der Waals surface area contributed by atoms with Gasteiger partial charge in [-0.15, -0.1) is 0 Å². The van der Waals surface area contributed by atoms with Crippen molar-refractivity contribution in [3.05, 3.63) is 53.3 Å². The van der Waals surface area contributed by atoms with E-state index in [1.165, 1.54) is 49.3 Å². The van der Waals surface area contributed by atoms with E-state index in [1.807, 2.05) is 6.07 Å². The number of aryl methyl sites for hydroxylation is 1. The fourth-order valence-corrected chi connectivity index (χ4v) is 4.45. The Morgan fingerprint density at radius 2 is 1.85 bits per heavy atom. The number of hydrogen-bond acceptors (Lipinski definition) is 1. The Labute approximate surface area is 157 Å². The van der Waals surface area contributed by atoms with E-state index in [4.69, 9.17) is 4.74 Å². The summed E-state index contributed by atoms with van der Waals surface area (Å²) in [6, 6.07) is 11.6. The van der Waals surface area contributed by atoms with Gasteiger partial charge in [-0.3, -0.25) is 0 Å². The lowest BCUT2D eigenvalue weighted by Crippen LogP contribution is -2.21. The van der Waals surface area contributed by atoms with Gasteiger partial charge in [0.1, 0.15) is 11.6 Å². The van der Waals surface area contributed by atoms with Crippen molar-refractivity contribution in [2.45, 2.75) is 65.2 Å². The van der Waals surface area contributed by atoms with Crippen molar-refractivity contribution in [2.24, 2.45) is 5.41 Å². The van der Waals surface area contributed by atoms with Crippen LogP contribution in [0.15, 0.2) is 36.4 Å². The van der Waals surface area contributed by atoms with E-state index in [0.29, 0.717) is 17.2 Å². The van der Waals surface area contributed by atoms with Gasteiger partial charge in [0.05, 0.1) is 7.11 Å². The molecule has 0 radical (unpaired) electrons. The Balaban J connectivity index is 2.18. The second-order valence-corrected chi connectivity index (χ2v) is 8.26. The van der Waals surface area contributed by atoms with Crippen LogP contribution in [0.4, 0.5) is 4.39 Å². The normalized spacial score (nSPS) is 19.8. The summed E-state index contributed by atoms with van der Waals surface area (Å²) < 4.78 is 20.1. The van der Waals surface area contributed by atoms with E-state index in [9.17, 15) is 4.39 Å². The summed E-state index contributed by atoms with van der Waals surface area (Å²) in [6.07, 6.45) is 7.26. The van der Waals surface area contributed by atoms with Gasteiger partial charge < -0.3 is 4.74 Å². The fraction of sp³-hybridized carbons (Fsp3) is 0.500. The first-order chi connectivity index (χ1) is 12.5. The van der Waals surface area contributed by atoms with Crippen molar-refractivity contribution in [2.75, 3.05) is 7.11 Å². The quantitative estimate of drug-likeness (QED) is 0.530. The van der Waals surface area contributed by atoms with Crippen LogP contribution in [0.5, 0.6) is 5.75 Å². The Hall–Kier alpha value is -1.83.